The number of anilines is 1. The summed E-state index contributed by atoms with van der Waals surface area (Å²) in [6.07, 6.45) is -0.865. The highest BCUT2D eigenvalue weighted by Gasteiger charge is 2.31. The highest BCUT2D eigenvalue weighted by Crippen LogP contribution is 2.29. The maximum Gasteiger partial charge on any atom is 0.268 e. The van der Waals surface area contributed by atoms with E-state index in [4.69, 9.17) is 16.4 Å². The van der Waals surface area contributed by atoms with E-state index in [2.05, 4.69) is 26.4 Å². The third kappa shape index (κ3) is 3.37. The fourth-order valence-electron chi connectivity index (χ4n) is 2.26. The van der Waals surface area contributed by atoms with Crippen molar-refractivity contribution in [2.75, 3.05) is 5.32 Å². The van der Waals surface area contributed by atoms with Crippen LogP contribution in [0.25, 0.3) is 0 Å². The SMILES string of the molecule is O=C(Nc1cc(Br)ccc1O)[C@@H]1CC(c2c(F)cccc2Cl)=NO1. The van der Waals surface area contributed by atoms with Crippen molar-refractivity contribution in [1.82, 2.24) is 0 Å². The Morgan fingerprint density at radius 2 is 2.21 bits per heavy atom. The average molecular weight is 414 g/mol. The van der Waals surface area contributed by atoms with E-state index < -0.39 is 17.8 Å². The molecule has 0 radical (unpaired) electrons. The zero-order chi connectivity index (χ0) is 17.3. The first-order valence-corrected chi connectivity index (χ1v) is 8.09. The second-order valence-electron chi connectivity index (χ2n) is 5.08. The Morgan fingerprint density at radius 1 is 1.42 bits per heavy atom. The largest absolute Gasteiger partial charge is 0.506 e. The number of oxime groups is 1. The minimum atomic E-state index is -0.936. The molecule has 3 rings (SSSR count). The third-order valence-electron chi connectivity index (χ3n) is 3.43. The highest BCUT2D eigenvalue weighted by molar-refractivity contribution is 9.10. The third-order valence-corrected chi connectivity index (χ3v) is 4.24. The van der Waals surface area contributed by atoms with Gasteiger partial charge in [-0.2, -0.15) is 0 Å². The maximum absolute atomic E-state index is 13.9. The Balaban J connectivity index is 1.73. The van der Waals surface area contributed by atoms with Gasteiger partial charge in [-0.1, -0.05) is 38.8 Å². The van der Waals surface area contributed by atoms with Gasteiger partial charge in [0.2, 0.25) is 6.10 Å². The zero-order valence-electron chi connectivity index (χ0n) is 12.1. The van der Waals surface area contributed by atoms with E-state index in [1.807, 2.05) is 0 Å². The van der Waals surface area contributed by atoms with Crippen molar-refractivity contribution in [2.24, 2.45) is 5.16 Å². The van der Waals surface area contributed by atoms with Gasteiger partial charge in [-0.05, 0) is 30.3 Å². The van der Waals surface area contributed by atoms with Crippen molar-refractivity contribution in [3.63, 3.8) is 0 Å². The normalized spacial score (nSPS) is 16.5. The van der Waals surface area contributed by atoms with Crippen LogP contribution in [0.5, 0.6) is 5.75 Å². The number of rotatable bonds is 3. The number of nitrogens with zero attached hydrogens (tertiary/aromatic N) is 1. The molecule has 0 aliphatic carbocycles. The molecule has 1 atom stereocenters. The standard InChI is InChI=1S/C16H11BrClFN2O3/c17-8-4-5-13(22)11(6-8)20-16(23)14-7-12(21-24-14)15-9(18)2-1-3-10(15)19/h1-6,14,22H,7H2,(H,20,23)/t14-/m0/s1. The first kappa shape index (κ1) is 16.7. The smallest absolute Gasteiger partial charge is 0.268 e. The summed E-state index contributed by atoms with van der Waals surface area (Å²) in [5.41, 5.74) is 0.617. The maximum atomic E-state index is 13.9. The van der Waals surface area contributed by atoms with Crippen molar-refractivity contribution in [1.29, 1.82) is 0 Å². The Morgan fingerprint density at radius 3 is 2.96 bits per heavy atom. The van der Waals surface area contributed by atoms with Crippen LogP contribution in [0.15, 0.2) is 46.0 Å². The molecule has 0 saturated carbocycles. The molecular formula is C16H11BrClFN2O3. The van der Waals surface area contributed by atoms with E-state index >= 15 is 0 Å². The number of amides is 1. The van der Waals surface area contributed by atoms with Gasteiger partial charge < -0.3 is 15.3 Å². The van der Waals surface area contributed by atoms with Gasteiger partial charge in [-0.25, -0.2) is 4.39 Å². The van der Waals surface area contributed by atoms with E-state index in [0.29, 0.717) is 4.47 Å². The molecule has 8 heteroatoms. The molecule has 0 saturated heterocycles. The summed E-state index contributed by atoms with van der Waals surface area (Å²) in [7, 11) is 0. The lowest BCUT2D eigenvalue weighted by atomic mass is 10.0. The van der Waals surface area contributed by atoms with Gasteiger partial charge in [0.15, 0.2) is 0 Å². The fourth-order valence-corrected chi connectivity index (χ4v) is 2.89. The van der Waals surface area contributed by atoms with Crippen molar-refractivity contribution >= 4 is 44.8 Å². The summed E-state index contributed by atoms with van der Waals surface area (Å²) in [6.45, 7) is 0. The van der Waals surface area contributed by atoms with Crippen LogP contribution < -0.4 is 5.32 Å². The molecule has 1 amide bonds. The molecule has 2 N–H and O–H groups in total. The van der Waals surface area contributed by atoms with E-state index in [9.17, 15) is 14.3 Å². The number of halogens is 3. The first-order valence-electron chi connectivity index (χ1n) is 6.92. The second-order valence-corrected chi connectivity index (χ2v) is 6.41. The molecule has 1 aliphatic heterocycles. The fraction of sp³-hybridized carbons (Fsp3) is 0.125. The van der Waals surface area contributed by atoms with Crippen LogP contribution in [-0.4, -0.2) is 22.8 Å². The number of hydrogen-bond donors (Lipinski definition) is 2. The summed E-state index contributed by atoms with van der Waals surface area (Å²) in [5.74, 6) is -1.12. The molecule has 124 valence electrons. The quantitative estimate of drug-likeness (QED) is 0.745. The Labute approximate surface area is 150 Å². The van der Waals surface area contributed by atoms with Crippen LogP contribution in [0.1, 0.15) is 12.0 Å². The monoisotopic (exact) mass is 412 g/mol. The molecule has 1 heterocycles. The van der Waals surface area contributed by atoms with Gasteiger partial charge in [0.25, 0.3) is 5.91 Å². The molecular weight excluding hydrogens is 403 g/mol. The van der Waals surface area contributed by atoms with E-state index in [0.717, 1.165) is 0 Å². The molecule has 2 aromatic carbocycles. The van der Waals surface area contributed by atoms with Crippen molar-refractivity contribution in [2.45, 2.75) is 12.5 Å². The molecule has 0 spiro atoms. The van der Waals surface area contributed by atoms with Gasteiger partial charge in [-0.3, -0.25) is 4.79 Å². The summed E-state index contributed by atoms with van der Waals surface area (Å²) < 4.78 is 14.6. The lowest BCUT2D eigenvalue weighted by Gasteiger charge is -2.11. The summed E-state index contributed by atoms with van der Waals surface area (Å²) >= 11 is 9.24. The lowest BCUT2D eigenvalue weighted by molar-refractivity contribution is -0.125. The van der Waals surface area contributed by atoms with Gasteiger partial charge in [0.1, 0.15) is 11.6 Å². The summed E-state index contributed by atoms with van der Waals surface area (Å²) in [6, 6.07) is 8.91. The van der Waals surface area contributed by atoms with Gasteiger partial charge in [-0.15, -0.1) is 0 Å². The number of hydrogen-bond acceptors (Lipinski definition) is 4. The Kier molecular flexibility index (Phi) is 4.73. The molecule has 0 bridgehead atoms. The zero-order valence-corrected chi connectivity index (χ0v) is 14.4. The number of phenols is 1. The molecule has 24 heavy (non-hydrogen) atoms. The van der Waals surface area contributed by atoms with Crippen LogP contribution in [0, 0.1) is 5.82 Å². The molecule has 0 unspecified atom stereocenters. The molecule has 2 aromatic rings. The lowest BCUT2D eigenvalue weighted by Crippen LogP contribution is -2.28. The summed E-state index contributed by atoms with van der Waals surface area (Å²) in [5, 5.41) is 16.3. The average Bonchev–Trinajstić information content (AvgIpc) is 3.00. The molecule has 0 fully saturated rings. The first-order chi connectivity index (χ1) is 11.5. The Hall–Kier alpha value is -2.12. The Bertz CT molecular complexity index is 824. The van der Waals surface area contributed by atoms with Crippen LogP contribution in [0.4, 0.5) is 10.1 Å². The topological polar surface area (TPSA) is 70.9 Å². The number of carbonyl (C=O) groups excluding carboxylic acids is 1. The minimum absolute atomic E-state index is 0.0707. The van der Waals surface area contributed by atoms with Crippen molar-refractivity contribution in [3.05, 3.63) is 57.3 Å². The number of nitrogens with one attached hydrogen (secondary N) is 1. The molecule has 1 aliphatic rings. The van der Waals surface area contributed by atoms with Crippen molar-refractivity contribution < 1.29 is 19.1 Å². The van der Waals surface area contributed by atoms with E-state index in [1.54, 1.807) is 12.1 Å². The van der Waals surface area contributed by atoms with E-state index in [-0.39, 0.29) is 34.2 Å². The van der Waals surface area contributed by atoms with E-state index in [1.165, 1.54) is 24.3 Å². The summed E-state index contributed by atoms with van der Waals surface area (Å²) in [4.78, 5) is 17.4. The number of phenolic OH excluding ortho intramolecular Hbond substituents is 1. The van der Waals surface area contributed by atoms with Gasteiger partial charge in [0, 0.05) is 10.9 Å². The predicted octanol–water partition coefficient (Wildman–Crippen LogP) is 4.08. The molecule has 5 nitrogen and oxygen atoms in total. The van der Waals surface area contributed by atoms with Crippen LogP contribution in [0.3, 0.4) is 0 Å². The molecule has 0 aromatic heterocycles. The number of aromatic hydroxyl groups is 1. The van der Waals surface area contributed by atoms with Crippen molar-refractivity contribution in [3.8, 4) is 5.75 Å². The van der Waals surface area contributed by atoms with Gasteiger partial charge >= 0.3 is 0 Å². The van der Waals surface area contributed by atoms with Crippen LogP contribution in [-0.2, 0) is 9.63 Å². The number of carbonyl (C=O) groups is 1. The van der Waals surface area contributed by atoms with Crippen LogP contribution >= 0.6 is 27.5 Å². The predicted molar refractivity (Wildman–Crippen MR) is 91.9 cm³/mol. The second kappa shape index (κ2) is 6.78. The minimum Gasteiger partial charge on any atom is -0.506 e. The number of benzene rings is 2. The van der Waals surface area contributed by atoms with Gasteiger partial charge in [0.05, 0.1) is 22.0 Å². The van der Waals surface area contributed by atoms with Crippen LogP contribution in [0.2, 0.25) is 5.02 Å². The highest BCUT2D eigenvalue weighted by atomic mass is 79.9.